The lowest BCUT2D eigenvalue weighted by Gasteiger charge is -2.60. The van der Waals surface area contributed by atoms with Crippen LogP contribution in [0.2, 0.25) is 0 Å². The number of carbonyl (C=O) groups excluding carboxylic acids is 1. The molecular formula is C21H32O2. The Balaban J connectivity index is 1.52. The minimum atomic E-state index is -0.0695. The largest absolute Gasteiger partial charge is 0.393 e. The van der Waals surface area contributed by atoms with E-state index >= 15 is 0 Å². The first-order chi connectivity index (χ1) is 10.8. The lowest BCUT2D eigenvalue weighted by Crippen LogP contribution is -2.56. The maximum absolute atomic E-state index is 12.2. The average Bonchev–Trinajstić information content (AvgIpc) is 3.01. The Labute approximate surface area is 140 Å². The standard InChI is InChI=1S/C21H32O2/c1-12(22)15-4-5-16-14-10-18(23)21-11-13(21)6-9-20(21,3)17(14)7-8-19(15,16)2/h13-18,23H,4-11H2,1-3H3/t13-,14+,15-,16+,17+,18-,19-,20-,21-/m1/s1. The smallest absolute Gasteiger partial charge is 0.133 e. The zero-order valence-electron chi connectivity index (χ0n) is 15.0. The van der Waals surface area contributed by atoms with Gasteiger partial charge in [-0.05, 0) is 92.8 Å². The highest BCUT2D eigenvalue weighted by molar-refractivity contribution is 5.79. The number of hydrogen-bond donors (Lipinski definition) is 1. The molecule has 0 saturated heterocycles. The monoisotopic (exact) mass is 316 g/mol. The van der Waals surface area contributed by atoms with E-state index in [4.69, 9.17) is 0 Å². The second-order valence-electron chi connectivity index (χ2n) is 10.3. The minimum absolute atomic E-state index is 0.0695. The van der Waals surface area contributed by atoms with Crippen LogP contribution in [0.15, 0.2) is 0 Å². The molecule has 5 aliphatic carbocycles. The van der Waals surface area contributed by atoms with Gasteiger partial charge < -0.3 is 5.11 Å². The van der Waals surface area contributed by atoms with E-state index in [1.54, 1.807) is 0 Å². The third kappa shape index (κ3) is 1.50. The Hall–Kier alpha value is -0.370. The number of hydrogen-bond acceptors (Lipinski definition) is 2. The van der Waals surface area contributed by atoms with Gasteiger partial charge >= 0.3 is 0 Å². The zero-order chi connectivity index (χ0) is 16.2. The molecule has 23 heavy (non-hydrogen) atoms. The first kappa shape index (κ1) is 14.9. The lowest BCUT2D eigenvalue weighted by molar-refractivity contribution is -0.153. The molecule has 0 radical (unpaired) electrons. The van der Waals surface area contributed by atoms with Gasteiger partial charge in [-0.1, -0.05) is 13.8 Å². The summed E-state index contributed by atoms with van der Waals surface area (Å²) in [6, 6.07) is 0. The molecule has 0 aromatic rings. The van der Waals surface area contributed by atoms with Crippen molar-refractivity contribution in [2.24, 2.45) is 45.8 Å². The summed E-state index contributed by atoms with van der Waals surface area (Å²) < 4.78 is 0. The molecule has 0 amide bonds. The van der Waals surface area contributed by atoms with Gasteiger partial charge in [-0.15, -0.1) is 0 Å². The second-order valence-corrected chi connectivity index (χ2v) is 10.3. The van der Waals surface area contributed by atoms with Crippen molar-refractivity contribution in [3.8, 4) is 0 Å². The summed E-state index contributed by atoms with van der Waals surface area (Å²) in [6.45, 7) is 6.74. The Morgan fingerprint density at radius 3 is 2.52 bits per heavy atom. The predicted octanol–water partition coefficient (Wildman–Crippen LogP) is 4.21. The summed E-state index contributed by atoms with van der Waals surface area (Å²) in [7, 11) is 0. The molecule has 0 aliphatic heterocycles. The van der Waals surface area contributed by atoms with Crippen molar-refractivity contribution in [3.05, 3.63) is 0 Å². The second kappa shape index (κ2) is 4.23. The van der Waals surface area contributed by atoms with Crippen LogP contribution in [0.1, 0.15) is 72.1 Å². The van der Waals surface area contributed by atoms with Crippen molar-refractivity contribution in [1.82, 2.24) is 0 Å². The van der Waals surface area contributed by atoms with E-state index in [0.717, 1.165) is 24.7 Å². The van der Waals surface area contributed by atoms with Gasteiger partial charge in [-0.2, -0.15) is 0 Å². The summed E-state index contributed by atoms with van der Waals surface area (Å²) in [6.07, 6.45) is 9.83. The fraction of sp³-hybridized carbons (Fsp3) is 0.952. The maximum atomic E-state index is 12.2. The van der Waals surface area contributed by atoms with Gasteiger partial charge in [0.1, 0.15) is 5.78 Å². The molecule has 5 aliphatic rings. The number of aliphatic hydroxyl groups is 1. The molecule has 5 saturated carbocycles. The van der Waals surface area contributed by atoms with Gasteiger partial charge in [-0.25, -0.2) is 0 Å². The average molecular weight is 316 g/mol. The van der Waals surface area contributed by atoms with Crippen LogP contribution in [0.5, 0.6) is 0 Å². The van der Waals surface area contributed by atoms with E-state index in [-0.39, 0.29) is 17.4 Å². The van der Waals surface area contributed by atoms with Crippen LogP contribution in [0, 0.1) is 45.8 Å². The van der Waals surface area contributed by atoms with Crippen molar-refractivity contribution < 1.29 is 9.90 Å². The number of carbonyl (C=O) groups is 1. The summed E-state index contributed by atoms with van der Waals surface area (Å²) in [5.74, 6) is 3.68. The molecule has 128 valence electrons. The van der Waals surface area contributed by atoms with Crippen LogP contribution >= 0.6 is 0 Å². The van der Waals surface area contributed by atoms with Crippen molar-refractivity contribution in [2.75, 3.05) is 0 Å². The molecule has 0 aromatic heterocycles. The van der Waals surface area contributed by atoms with E-state index < -0.39 is 0 Å². The van der Waals surface area contributed by atoms with Gasteiger partial charge in [-0.3, -0.25) is 4.79 Å². The highest BCUT2D eigenvalue weighted by Gasteiger charge is 2.77. The van der Waals surface area contributed by atoms with Crippen LogP contribution in [0.25, 0.3) is 0 Å². The third-order valence-electron chi connectivity index (χ3n) is 10.1. The lowest BCUT2D eigenvalue weighted by atomic mass is 9.45. The quantitative estimate of drug-likeness (QED) is 0.787. The molecule has 9 atom stereocenters. The summed E-state index contributed by atoms with van der Waals surface area (Å²) >= 11 is 0. The fourth-order valence-corrected chi connectivity index (χ4v) is 8.98. The predicted molar refractivity (Wildman–Crippen MR) is 89.7 cm³/mol. The number of ketones is 1. The number of Topliss-reactive ketones (excluding diaryl/α,β-unsaturated/α-hetero) is 1. The Morgan fingerprint density at radius 1 is 1.04 bits per heavy atom. The fourth-order valence-electron chi connectivity index (χ4n) is 8.98. The Bertz CT molecular complexity index is 570. The van der Waals surface area contributed by atoms with Crippen molar-refractivity contribution in [2.45, 2.75) is 78.2 Å². The molecule has 0 aromatic carbocycles. The number of fused-ring (bicyclic) bond motifs is 4. The molecular weight excluding hydrogens is 284 g/mol. The summed E-state index contributed by atoms with van der Waals surface area (Å²) in [5.41, 5.74) is 0.894. The summed E-state index contributed by atoms with van der Waals surface area (Å²) in [5, 5.41) is 11.1. The highest BCUT2D eigenvalue weighted by Crippen LogP contribution is 2.81. The van der Waals surface area contributed by atoms with Crippen molar-refractivity contribution in [1.29, 1.82) is 0 Å². The van der Waals surface area contributed by atoms with Crippen molar-refractivity contribution >= 4 is 5.78 Å². The minimum Gasteiger partial charge on any atom is -0.393 e. The van der Waals surface area contributed by atoms with Gasteiger partial charge in [0.05, 0.1) is 6.10 Å². The molecule has 5 fully saturated rings. The van der Waals surface area contributed by atoms with E-state index in [1.165, 1.54) is 38.5 Å². The van der Waals surface area contributed by atoms with Crippen LogP contribution in [0.3, 0.4) is 0 Å². The van der Waals surface area contributed by atoms with Crippen LogP contribution in [-0.4, -0.2) is 17.0 Å². The molecule has 0 heterocycles. The van der Waals surface area contributed by atoms with E-state index in [1.807, 2.05) is 6.92 Å². The molecule has 0 bridgehead atoms. The Kier molecular flexibility index (Phi) is 2.75. The molecule has 5 rings (SSSR count). The van der Waals surface area contributed by atoms with E-state index in [0.29, 0.717) is 28.4 Å². The van der Waals surface area contributed by atoms with Crippen LogP contribution < -0.4 is 0 Å². The van der Waals surface area contributed by atoms with Gasteiger partial charge in [0.2, 0.25) is 0 Å². The Morgan fingerprint density at radius 2 is 1.83 bits per heavy atom. The SMILES string of the molecule is CC(=O)[C@H]1CC[C@H]2[C@@H]3C[C@@H](O)[C@@]45C[C@H]4CC[C@]5(C)[C@H]3CC[C@]12C. The first-order valence-corrected chi connectivity index (χ1v) is 10.0. The molecule has 2 heteroatoms. The highest BCUT2D eigenvalue weighted by atomic mass is 16.3. The normalized spacial score (nSPS) is 63.0. The van der Waals surface area contributed by atoms with Crippen LogP contribution in [-0.2, 0) is 4.79 Å². The van der Waals surface area contributed by atoms with E-state index in [9.17, 15) is 9.90 Å². The first-order valence-electron chi connectivity index (χ1n) is 10.0. The van der Waals surface area contributed by atoms with Crippen molar-refractivity contribution in [3.63, 3.8) is 0 Å². The third-order valence-corrected chi connectivity index (χ3v) is 10.1. The van der Waals surface area contributed by atoms with Crippen LogP contribution in [0.4, 0.5) is 0 Å². The molecule has 1 N–H and O–H groups in total. The molecule has 1 spiro atoms. The number of aliphatic hydroxyl groups excluding tert-OH is 1. The maximum Gasteiger partial charge on any atom is 0.133 e. The molecule has 2 nitrogen and oxygen atoms in total. The van der Waals surface area contributed by atoms with E-state index in [2.05, 4.69) is 13.8 Å². The van der Waals surface area contributed by atoms with Gasteiger partial charge in [0.25, 0.3) is 0 Å². The van der Waals surface area contributed by atoms with Gasteiger partial charge in [0.15, 0.2) is 0 Å². The molecule has 0 unspecified atom stereocenters. The van der Waals surface area contributed by atoms with Gasteiger partial charge in [0, 0.05) is 11.3 Å². The number of rotatable bonds is 1. The summed E-state index contributed by atoms with van der Waals surface area (Å²) in [4.78, 5) is 12.2. The zero-order valence-corrected chi connectivity index (χ0v) is 15.0. The topological polar surface area (TPSA) is 37.3 Å².